The van der Waals surface area contributed by atoms with Crippen molar-refractivity contribution in [2.24, 2.45) is 0 Å². The third-order valence-corrected chi connectivity index (χ3v) is 4.37. The van der Waals surface area contributed by atoms with Crippen LogP contribution in [0.5, 0.6) is 5.75 Å². The van der Waals surface area contributed by atoms with Crippen molar-refractivity contribution in [1.82, 2.24) is 4.90 Å². The van der Waals surface area contributed by atoms with E-state index in [2.05, 4.69) is 46.6 Å². The van der Waals surface area contributed by atoms with Crippen molar-refractivity contribution in [3.05, 3.63) is 59.7 Å². The van der Waals surface area contributed by atoms with Crippen LogP contribution >= 0.6 is 0 Å². The number of methoxy groups -OCH3 is 1. The van der Waals surface area contributed by atoms with Gasteiger partial charge in [0.25, 0.3) is 0 Å². The quantitative estimate of drug-likeness (QED) is 0.847. The highest BCUT2D eigenvalue weighted by atomic mass is 16.5. The minimum Gasteiger partial charge on any atom is -0.497 e. The number of anilines is 1. The Kier molecular flexibility index (Phi) is 6.10. The Labute approximate surface area is 144 Å². The number of nitrogens with one attached hydrogen (secondary N) is 1. The number of nitrogens with zero attached hydrogens (tertiary/aromatic N) is 1. The third-order valence-electron chi connectivity index (χ3n) is 4.37. The number of hydrogen-bond acceptors (Lipinski definition) is 4. The zero-order valence-corrected chi connectivity index (χ0v) is 14.3. The summed E-state index contributed by atoms with van der Waals surface area (Å²) in [6.45, 7) is 5.70. The van der Waals surface area contributed by atoms with Crippen LogP contribution in [0.25, 0.3) is 0 Å². The second kappa shape index (κ2) is 8.71. The van der Waals surface area contributed by atoms with E-state index in [-0.39, 0.29) is 0 Å². The lowest BCUT2D eigenvalue weighted by atomic mass is 10.1. The minimum atomic E-state index is 0.852. The van der Waals surface area contributed by atoms with Crippen LogP contribution < -0.4 is 10.1 Å². The van der Waals surface area contributed by atoms with Gasteiger partial charge in [0, 0.05) is 31.9 Å². The van der Waals surface area contributed by atoms with Gasteiger partial charge in [0.05, 0.1) is 20.3 Å². The summed E-state index contributed by atoms with van der Waals surface area (Å²) in [5.74, 6) is 0.905. The Hall–Kier alpha value is -2.04. The lowest BCUT2D eigenvalue weighted by Gasteiger charge is -2.26. The van der Waals surface area contributed by atoms with Gasteiger partial charge in [-0.05, 0) is 41.8 Å². The Morgan fingerprint density at radius 1 is 0.958 bits per heavy atom. The van der Waals surface area contributed by atoms with Gasteiger partial charge in [0.1, 0.15) is 5.75 Å². The molecule has 1 N–H and O–H groups in total. The number of hydrogen-bond donors (Lipinski definition) is 1. The lowest BCUT2D eigenvalue weighted by Crippen LogP contribution is -2.35. The molecule has 1 heterocycles. The fourth-order valence-electron chi connectivity index (χ4n) is 2.89. The van der Waals surface area contributed by atoms with Gasteiger partial charge in [0.2, 0.25) is 0 Å². The average molecular weight is 326 g/mol. The summed E-state index contributed by atoms with van der Waals surface area (Å²) >= 11 is 0. The van der Waals surface area contributed by atoms with Crippen LogP contribution in [0.1, 0.15) is 11.1 Å². The summed E-state index contributed by atoms with van der Waals surface area (Å²) in [5.41, 5.74) is 3.85. The first-order chi connectivity index (χ1) is 11.8. The summed E-state index contributed by atoms with van der Waals surface area (Å²) in [5, 5.41) is 3.49. The molecule has 1 aliphatic rings. The summed E-state index contributed by atoms with van der Waals surface area (Å²) in [6.07, 6.45) is 1.000. The Bertz CT molecular complexity index is 605. The standard InChI is InChI=1S/C20H26N2O2/c1-23-20-8-4-17(5-9-20)10-11-21-19-6-2-18(3-7-19)16-22-12-14-24-15-13-22/h2-9,21H,10-16H2,1H3. The number of rotatable bonds is 7. The summed E-state index contributed by atoms with van der Waals surface area (Å²) in [4.78, 5) is 2.44. The summed E-state index contributed by atoms with van der Waals surface area (Å²) in [6, 6.07) is 17.0. The maximum Gasteiger partial charge on any atom is 0.118 e. The van der Waals surface area contributed by atoms with E-state index in [1.165, 1.54) is 16.8 Å². The molecule has 0 bridgehead atoms. The summed E-state index contributed by atoms with van der Waals surface area (Å²) < 4.78 is 10.6. The molecule has 2 aromatic carbocycles. The molecule has 2 aromatic rings. The first kappa shape index (κ1) is 16.8. The zero-order valence-electron chi connectivity index (χ0n) is 14.3. The molecule has 1 saturated heterocycles. The number of benzene rings is 2. The fraction of sp³-hybridized carbons (Fsp3) is 0.400. The maximum absolute atomic E-state index is 5.39. The van der Waals surface area contributed by atoms with Crippen molar-refractivity contribution in [3.8, 4) is 5.75 Å². The van der Waals surface area contributed by atoms with E-state index >= 15 is 0 Å². The van der Waals surface area contributed by atoms with Crippen molar-refractivity contribution in [1.29, 1.82) is 0 Å². The van der Waals surface area contributed by atoms with E-state index in [9.17, 15) is 0 Å². The van der Waals surface area contributed by atoms with Crippen molar-refractivity contribution in [2.75, 3.05) is 45.3 Å². The predicted octanol–water partition coefficient (Wildman–Crippen LogP) is 3.18. The Morgan fingerprint density at radius 2 is 1.62 bits per heavy atom. The maximum atomic E-state index is 5.39. The van der Waals surface area contributed by atoms with Crippen LogP contribution in [0.2, 0.25) is 0 Å². The molecule has 0 aliphatic carbocycles. The molecule has 24 heavy (non-hydrogen) atoms. The summed E-state index contributed by atoms with van der Waals surface area (Å²) in [7, 11) is 1.69. The molecule has 0 aromatic heterocycles. The predicted molar refractivity (Wildman–Crippen MR) is 97.7 cm³/mol. The van der Waals surface area contributed by atoms with Crippen molar-refractivity contribution >= 4 is 5.69 Å². The van der Waals surface area contributed by atoms with Crippen LogP contribution in [0.3, 0.4) is 0 Å². The smallest absolute Gasteiger partial charge is 0.118 e. The van der Waals surface area contributed by atoms with Crippen molar-refractivity contribution in [2.45, 2.75) is 13.0 Å². The van der Waals surface area contributed by atoms with E-state index < -0.39 is 0 Å². The molecule has 0 spiro atoms. The van der Waals surface area contributed by atoms with Crippen LogP contribution in [0, 0.1) is 0 Å². The number of morpholine rings is 1. The van der Waals surface area contributed by atoms with Gasteiger partial charge in [-0.3, -0.25) is 4.90 Å². The van der Waals surface area contributed by atoms with E-state index in [4.69, 9.17) is 9.47 Å². The molecule has 0 atom stereocenters. The van der Waals surface area contributed by atoms with Crippen LogP contribution in [-0.2, 0) is 17.7 Å². The highest BCUT2D eigenvalue weighted by Crippen LogP contribution is 2.14. The zero-order chi connectivity index (χ0) is 16.6. The lowest BCUT2D eigenvalue weighted by molar-refractivity contribution is 0.0342. The van der Waals surface area contributed by atoms with Crippen molar-refractivity contribution < 1.29 is 9.47 Å². The molecule has 0 amide bonds. The molecule has 0 radical (unpaired) electrons. The number of ether oxygens (including phenoxy) is 2. The van der Waals surface area contributed by atoms with Gasteiger partial charge >= 0.3 is 0 Å². The van der Waals surface area contributed by atoms with Crippen molar-refractivity contribution in [3.63, 3.8) is 0 Å². The van der Waals surface area contributed by atoms with E-state index in [0.29, 0.717) is 0 Å². The van der Waals surface area contributed by atoms with Gasteiger partial charge in [-0.1, -0.05) is 24.3 Å². The molecule has 4 heteroatoms. The van der Waals surface area contributed by atoms with Gasteiger partial charge in [-0.2, -0.15) is 0 Å². The van der Waals surface area contributed by atoms with Gasteiger partial charge in [0.15, 0.2) is 0 Å². The second-order valence-electron chi connectivity index (χ2n) is 6.11. The topological polar surface area (TPSA) is 33.7 Å². The third kappa shape index (κ3) is 4.98. The Morgan fingerprint density at radius 3 is 2.29 bits per heavy atom. The molecule has 128 valence electrons. The molecule has 3 rings (SSSR count). The Balaban J connectivity index is 1.43. The normalized spacial score (nSPS) is 15.2. The van der Waals surface area contributed by atoms with Crippen LogP contribution in [-0.4, -0.2) is 44.9 Å². The average Bonchev–Trinajstić information content (AvgIpc) is 2.65. The van der Waals surface area contributed by atoms with Gasteiger partial charge < -0.3 is 14.8 Å². The van der Waals surface area contributed by atoms with Crippen LogP contribution in [0.15, 0.2) is 48.5 Å². The van der Waals surface area contributed by atoms with Gasteiger partial charge in [-0.15, -0.1) is 0 Å². The van der Waals surface area contributed by atoms with E-state index in [0.717, 1.165) is 51.6 Å². The highest BCUT2D eigenvalue weighted by molar-refractivity contribution is 5.44. The highest BCUT2D eigenvalue weighted by Gasteiger charge is 2.10. The molecule has 0 saturated carbocycles. The minimum absolute atomic E-state index is 0.852. The molecule has 0 unspecified atom stereocenters. The van der Waals surface area contributed by atoms with E-state index in [1.807, 2.05) is 12.1 Å². The first-order valence-electron chi connectivity index (χ1n) is 8.59. The molecule has 1 aliphatic heterocycles. The molecule has 1 fully saturated rings. The SMILES string of the molecule is COc1ccc(CCNc2ccc(CN3CCOCC3)cc2)cc1. The molecular formula is C20H26N2O2. The molecular weight excluding hydrogens is 300 g/mol. The second-order valence-corrected chi connectivity index (χ2v) is 6.11. The van der Waals surface area contributed by atoms with Crippen LogP contribution in [0.4, 0.5) is 5.69 Å². The molecule has 4 nitrogen and oxygen atoms in total. The first-order valence-corrected chi connectivity index (χ1v) is 8.59. The van der Waals surface area contributed by atoms with Gasteiger partial charge in [-0.25, -0.2) is 0 Å². The largest absolute Gasteiger partial charge is 0.497 e. The van der Waals surface area contributed by atoms with E-state index in [1.54, 1.807) is 7.11 Å². The monoisotopic (exact) mass is 326 g/mol. The fourth-order valence-corrected chi connectivity index (χ4v) is 2.89.